The maximum Gasteiger partial charge on any atom is 0.433 e. The Morgan fingerprint density at radius 3 is 2.86 bits per heavy atom. The van der Waals surface area contributed by atoms with E-state index in [1.807, 2.05) is 0 Å². The van der Waals surface area contributed by atoms with Gasteiger partial charge in [-0.1, -0.05) is 0 Å². The lowest BCUT2D eigenvalue weighted by Gasteiger charge is -2.01. The van der Waals surface area contributed by atoms with Crippen LogP contribution in [0, 0.1) is 10.1 Å². The summed E-state index contributed by atoms with van der Waals surface area (Å²) in [5.74, 6) is 0.0659. The van der Waals surface area contributed by atoms with Gasteiger partial charge in [-0.15, -0.1) is 0 Å². The van der Waals surface area contributed by atoms with Gasteiger partial charge < -0.3 is 15.1 Å². The van der Waals surface area contributed by atoms with Crippen LogP contribution in [-0.2, 0) is 0 Å². The first-order valence-corrected chi connectivity index (χ1v) is 3.95. The van der Waals surface area contributed by atoms with Gasteiger partial charge in [-0.05, 0) is 6.07 Å². The number of carbonyl (C=O) groups excluding carboxylic acids is 1. The van der Waals surface area contributed by atoms with E-state index in [1.165, 1.54) is 12.1 Å². The number of nitro groups is 1. The third-order valence-electron chi connectivity index (χ3n) is 1.91. The topological polar surface area (TPSA) is 97.4 Å². The number of furan rings is 1. The average Bonchev–Trinajstić information content (AvgIpc) is 2.70. The van der Waals surface area contributed by atoms with Crippen molar-refractivity contribution in [3.63, 3.8) is 0 Å². The Hall–Kier alpha value is -2.05. The molecular weight excluding hydrogens is 190 g/mol. The van der Waals surface area contributed by atoms with E-state index < -0.39 is 4.92 Å². The Kier molecular flexibility index (Phi) is 1.84. The molecule has 1 aliphatic heterocycles. The molecule has 1 aromatic rings. The zero-order valence-corrected chi connectivity index (χ0v) is 7.02. The number of rotatable bonds is 2. The molecule has 2 heterocycles. The monoisotopic (exact) mass is 197 g/mol. The molecule has 0 saturated carbocycles. The smallest absolute Gasteiger partial charge is 0.404 e. The van der Waals surface area contributed by atoms with E-state index in [0.717, 1.165) is 0 Å². The average molecular weight is 197 g/mol. The van der Waals surface area contributed by atoms with Crippen LogP contribution in [0.2, 0.25) is 0 Å². The quantitative estimate of drug-likeness (QED) is 0.534. The van der Waals surface area contributed by atoms with Gasteiger partial charge in [0.1, 0.15) is 16.7 Å². The zero-order chi connectivity index (χ0) is 10.1. The number of hydrogen-bond acceptors (Lipinski definition) is 4. The predicted octanol–water partition coefficient (Wildman–Crippen LogP) is 0.542. The summed E-state index contributed by atoms with van der Waals surface area (Å²) in [5.41, 5.74) is 0. The first-order valence-electron chi connectivity index (χ1n) is 3.95. The molecule has 0 radical (unpaired) electrons. The van der Waals surface area contributed by atoms with Crippen LogP contribution in [-0.4, -0.2) is 17.5 Å². The largest absolute Gasteiger partial charge is 0.433 e. The van der Waals surface area contributed by atoms with Gasteiger partial charge >= 0.3 is 11.9 Å². The van der Waals surface area contributed by atoms with Crippen molar-refractivity contribution in [2.75, 3.05) is 6.54 Å². The Labute approximate surface area is 78.2 Å². The van der Waals surface area contributed by atoms with Gasteiger partial charge in [-0.25, -0.2) is 4.79 Å². The molecule has 0 bridgehead atoms. The fourth-order valence-corrected chi connectivity index (χ4v) is 1.25. The molecule has 0 aliphatic carbocycles. The fraction of sp³-hybridized carbons (Fsp3) is 0.286. The molecule has 1 saturated heterocycles. The standard InChI is InChI=1S/C7H7N3O4/c11-7-8-3-4(9-7)5-1-2-6(14-5)10(12)13/h1-2,4H,3H2,(H2,8,9,11)/t4-/m0/s1. The van der Waals surface area contributed by atoms with E-state index in [1.54, 1.807) is 0 Å². The second-order valence-corrected chi connectivity index (χ2v) is 2.84. The number of carbonyl (C=O) groups is 1. The molecule has 0 unspecified atom stereocenters. The summed E-state index contributed by atoms with van der Waals surface area (Å²) in [7, 11) is 0. The summed E-state index contributed by atoms with van der Waals surface area (Å²) in [5, 5.41) is 15.4. The van der Waals surface area contributed by atoms with Crippen LogP contribution in [0.4, 0.5) is 10.7 Å². The van der Waals surface area contributed by atoms with Crippen molar-refractivity contribution in [3.05, 3.63) is 28.0 Å². The second-order valence-electron chi connectivity index (χ2n) is 2.84. The van der Waals surface area contributed by atoms with Crippen molar-refractivity contribution in [2.24, 2.45) is 0 Å². The number of amides is 2. The summed E-state index contributed by atoms with van der Waals surface area (Å²) < 4.78 is 4.92. The van der Waals surface area contributed by atoms with E-state index in [2.05, 4.69) is 10.6 Å². The zero-order valence-electron chi connectivity index (χ0n) is 7.02. The molecule has 0 aromatic carbocycles. The molecular formula is C7H7N3O4. The third-order valence-corrected chi connectivity index (χ3v) is 1.91. The second kappa shape index (κ2) is 3.02. The van der Waals surface area contributed by atoms with Crippen LogP contribution in [0.25, 0.3) is 0 Å². The minimum absolute atomic E-state index is 0.297. The Morgan fingerprint density at radius 1 is 1.57 bits per heavy atom. The summed E-state index contributed by atoms with van der Waals surface area (Å²) in [6, 6.07) is 2.13. The molecule has 7 heteroatoms. The number of nitrogens with one attached hydrogen (secondary N) is 2. The van der Waals surface area contributed by atoms with Gasteiger partial charge in [0.25, 0.3) is 0 Å². The minimum Gasteiger partial charge on any atom is -0.404 e. The van der Waals surface area contributed by atoms with E-state index in [-0.39, 0.29) is 18.0 Å². The first-order chi connectivity index (χ1) is 6.66. The fourth-order valence-electron chi connectivity index (χ4n) is 1.25. The highest BCUT2D eigenvalue weighted by Crippen LogP contribution is 2.22. The molecule has 74 valence electrons. The van der Waals surface area contributed by atoms with Gasteiger partial charge in [-0.2, -0.15) is 0 Å². The molecule has 0 spiro atoms. The van der Waals surface area contributed by atoms with E-state index in [9.17, 15) is 14.9 Å². The van der Waals surface area contributed by atoms with Crippen LogP contribution in [0.15, 0.2) is 16.5 Å². The highest BCUT2D eigenvalue weighted by atomic mass is 16.6. The highest BCUT2D eigenvalue weighted by Gasteiger charge is 2.26. The van der Waals surface area contributed by atoms with Crippen molar-refractivity contribution >= 4 is 11.9 Å². The van der Waals surface area contributed by atoms with Crippen molar-refractivity contribution in [2.45, 2.75) is 6.04 Å². The number of nitrogens with zero attached hydrogens (tertiary/aromatic N) is 1. The van der Waals surface area contributed by atoms with Crippen LogP contribution in [0.5, 0.6) is 0 Å². The molecule has 2 N–H and O–H groups in total. The third kappa shape index (κ3) is 1.39. The summed E-state index contributed by atoms with van der Waals surface area (Å²) >= 11 is 0. The molecule has 1 aliphatic rings. The lowest BCUT2D eigenvalue weighted by atomic mass is 10.2. The minimum atomic E-state index is -0.617. The number of urea groups is 1. The Bertz CT molecular complexity index is 386. The van der Waals surface area contributed by atoms with Crippen LogP contribution < -0.4 is 10.6 Å². The maximum absolute atomic E-state index is 10.8. The Balaban J connectivity index is 2.17. The van der Waals surface area contributed by atoms with Crippen LogP contribution >= 0.6 is 0 Å². The highest BCUT2D eigenvalue weighted by molar-refractivity contribution is 5.76. The van der Waals surface area contributed by atoms with Crippen molar-refractivity contribution in [3.8, 4) is 0 Å². The van der Waals surface area contributed by atoms with Crippen molar-refractivity contribution in [1.82, 2.24) is 10.6 Å². The SMILES string of the molecule is O=C1NC[C@@H](c2ccc([N+](=O)[O-])o2)N1. The van der Waals surface area contributed by atoms with Gasteiger partial charge in [0.05, 0.1) is 6.07 Å². The van der Waals surface area contributed by atoms with Crippen molar-refractivity contribution < 1.29 is 14.1 Å². The number of hydrogen-bond donors (Lipinski definition) is 2. The molecule has 7 nitrogen and oxygen atoms in total. The molecule has 1 aromatic heterocycles. The van der Waals surface area contributed by atoms with Gasteiger partial charge in [0.2, 0.25) is 0 Å². The lowest BCUT2D eigenvalue weighted by Crippen LogP contribution is -2.21. The maximum atomic E-state index is 10.8. The summed E-state index contributed by atoms with van der Waals surface area (Å²) in [4.78, 5) is 20.5. The molecule has 1 atom stereocenters. The van der Waals surface area contributed by atoms with E-state index >= 15 is 0 Å². The molecule has 14 heavy (non-hydrogen) atoms. The predicted molar refractivity (Wildman–Crippen MR) is 44.6 cm³/mol. The van der Waals surface area contributed by atoms with Crippen molar-refractivity contribution in [1.29, 1.82) is 0 Å². The van der Waals surface area contributed by atoms with Gasteiger partial charge in [-0.3, -0.25) is 10.1 Å². The summed E-state index contributed by atoms with van der Waals surface area (Å²) in [6.45, 7) is 0.378. The van der Waals surface area contributed by atoms with E-state index in [0.29, 0.717) is 12.3 Å². The van der Waals surface area contributed by atoms with Gasteiger partial charge in [0, 0.05) is 6.54 Å². The molecule has 2 rings (SSSR count). The molecule has 1 fully saturated rings. The molecule has 2 amide bonds. The van der Waals surface area contributed by atoms with Crippen LogP contribution in [0.3, 0.4) is 0 Å². The van der Waals surface area contributed by atoms with Crippen LogP contribution in [0.1, 0.15) is 11.8 Å². The Morgan fingerprint density at radius 2 is 2.36 bits per heavy atom. The van der Waals surface area contributed by atoms with Gasteiger partial charge in [0.15, 0.2) is 0 Å². The van der Waals surface area contributed by atoms with E-state index in [4.69, 9.17) is 4.42 Å². The first kappa shape index (κ1) is 8.54. The summed E-state index contributed by atoms with van der Waals surface area (Å²) in [6.07, 6.45) is 0. The lowest BCUT2D eigenvalue weighted by molar-refractivity contribution is -0.402. The normalized spacial score (nSPS) is 20.3.